The van der Waals surface area contributed by atoms with Crippen molar-refractivity contribution in [3.05, 3.63) is 42.0 Å². The fourth-order valence-electron chi connectivity index (χ4n) is 3.90. The molecule has 1 atom stereocenters. The van der Waals surface area contributed by atoms with Crippen molar-refractivity contribution in [3.63, 3.8) is 0 Å². The van der Waals surface area contributed by atoms with Crippen LogP contribution in [0, 0.1) is 0 Å². The zero-order chi connectivity index (χ0) is 21.3. The molecular formula is C28H46O2. The molecule has 0 amide bonds. The van der Waals surface area contributed by atoms with Crippen LogP contribution in [0.2, 0.25) is 0 Å². The van der Waals surface area contributed by atoms with Gasteiger partial charge in [-0.1, -0.05) is 94.9 Å². The molecule has 1 unspecified atom stereocenters. The highest BCUT2D eigenvalue weighted by Crippen LogP contribution is 2.27. The predicted octanol–water partition coefficient (Wildman–Crippen LogP) is 8.43. The standard InChI is InChI=1S/C28H46O2/c1-3-4-5-6-7-8-9-10-11-12-13-14-15-16-17-18-19-26-20-22-27(23-21-26)29-24-28(2)25-30-28/h3-4,20-23H,5-19,24-25H2,1-2H3/b4-3+. The fourth-order valence-corrected chi connectivity index (χ4v) is 3.90. The summed E-state index contributed by atoms with van der Waals surface area (Å²) in [5, 5.41) is 0. The number of allylic oxidation sites excluding steroid dienone is 2. The van der Waals surface area contributed by atoms with Gasteiger partial charge in [-0.2, -0.15) is 0 Å². The number of unbranched alkanes of at least 4 members (excludes halogenated alkanes) is 13. The van der Waals surface area contributed by atoms with Gasteiger partial charge in [0.05, 0.1) is 6.61 Å². The van der Waals surface area contributed by atoms with Gasteiger partial charge in [-0.15, -0.1) is 0 Å². The van der Waals surface area contributed by atoms with E-state index in [9.17, 15) is 0 Å². The summed E-state index contributed by atoms with van der Waals surface area (Å²) in [7, 11) is 0. The van der Waals surface area contributed by atoms with Crippen molar-refractivity contribution < 1.29 is 9.47 Å². The van der Waals surface area contributed by atoms with E-state index in [4.69, 9.17) is 9.47 Å². The molecular weight excluding hydrogens is 368 g/mol. The molecule has 2 nitrogen and oxygen atoms in total. The molecule has 1 aliphatic rings. The SMILES string of the molecule is C/C=C/CCCCCCCCCCCCCCCc1ccc(OCC2(C)CO2)cc1. The third kappa shape index (κ3) is 12.4. The number of epoxide rings is 1. The van der Waals surface area contributed by atoms with Crippen molar-refractivity contribution >= 4 is 0 Å². The summed E-state index contributed by atoms with van der Waals surface area (Å²) in [5.74, 6) is 0.958. The Labute approximate surface area is 186 Å². The maximum absolute atomic E-state index is 5.80. The molecule has 2 rings (SSSR count). The second kappa shape index (κ2) is 15.5. The van der Waals surface area contributed by atoms with E-state index in [2.05, 4.69) is 50.3 Å². The number of benzene rings is 1. The Morgan fingerprint density at radius 2 is 1.30 bits per heavy atom. The quantitative estimate of drug-likeness (QED) is 0.129. The minimum Gasteiger partial charge on any atom is -0.491 e. The molecule has 0 spiro atoms. The van der Waals surface area contributed by atoms with Gasteiger partial charge in [-0.05, 0) is 57.2 Å². The zero-order valence-corrected chi connectivity index (χ0v) is 19.8. The Morgan fingerprint density at radius 1 is 0.800 bits per heavy atom. The van der Waals surface area contributed by atoms with Crippen molar-refractivity contribution in [2.24, 2.45) is 0 Å². The minimum atomic E-state index is -0.0373. The third-order valence-electron chi connectivity index (χ3n) is 6.18. The molecule has 1 aromatic carbocycles. The highest BCUT2D eigenvalue weighted by Gasteiger charge is 2.40. The normalized spacial score (nSPS) is 18.2. The largest absolute Gasteiger partial charge is 0.491 e. The van der Waals surface area contributed by atoms with Crippen LogP contribution in [0.15, 0.2) is 36.4 Å². The lowest BCUT2D eigenvalue weighted by molar-refractivity contribution is 0.202. The Bertz CT molecular complexity index is 557. The molecule has 0 bridgehead atoms. The van der Waals surface area contributed by atoms with Gasteiger partial charge in [-0.25, -0.2) is 0 Å². The van der Waals surface area contributed by atoms with E-state index in [1.807, 2.05) is 0 Å². The molecule has 0 N–H and O–H groups in total. The second-order valence-electron chi connectivity index (χ2n) is 9.38. The van der Waals surface area contributed by atoms with E-state index in [-0.39, 0.29) is 5.60 Å². The van der Waals surface area contributed by atoms with Gasteiger partial charge in [0.2, 0.25) is 0 Å². The van der Waals surface area contributed by atoms with Gasteiger partial charge >= 0.3 is 0 Å². The number of aryl methyl sites for hydroxylation is 1. The first-order chi connectivity index (χ1) is 14.7. The Balaban J connectivity index is 1.32. The second-order valence-corrected chi connectivity index (χ2v) is 9.38. The van der Waals surface area contributed by atoms with Crippen LogP contribution in [-0.2, 0) is 11.2 Å². The van der Waals surface area contributed by atoms with Crippen LogP contribution in [0.4, 0.5) is 0 Å². The maximum atomic E-state index is 5.80. The average molecular weight is 415 g/mol. The van der Waals surface area contributed by atoms with E-state index in [1.165, 1.54) is 102 Å². The third-order valence-corrected chi connectivity index (χ3v) is 6.18. The van der Waals surface area contributed by atoms with E-state index < -0.39 is 0 Å². The van der Waals surface area contributed by atoms with Crippen LogP contribution < -0.4 is 4.74 Å². The minimum absolute atomic E-state index is 0.0373. The van der Waals surface area contributed by atoms with Gasteiger partial charge in [-0.3, -0.25) is 0 Å². The van der Waals surface area contributed by atoms with Crippen LogP contribution in [0.1, 0.15) is 109 Å². The molecule has 0 saturated carbocycles. The summed E-state index contributed by atoms with van der Waals surface area (Å²) in [6, 6.07) is 8.64. The number of hydrogen-bond acceptors (Lipinski definition) is 2. The first kappa shape index (κ1) is 25.0. The van der Waals surface area contributed by atoms with Gasteiger partial charge in [0.15, 0.2) is 0 Å². The summed E-state index contributed by atoms with van der Waals surface area (Å²) < 4.78 is 11.2. The number of ether oxygens (including phenoxy) is 2. The molecule has 0 radical (unpaired) electrons. The fraction of sp³-hybridized carbons (Fsp3) is 0.714. The molecule has 30 heavy (non-hydrogen) atoms. The van der Waals surface area contributed by atoms with Crippen molar-refractivity contribution in [1.29, 1.82) is 0 Å². The van der Waals surface area contributed by atoms with Crippen LogP contribution >= 0.6 is 0 Å². The molecule has 1 aliphatic heterocycles. The van der Waals surface area contributed by atoms with Crippen LogP contribution in [0.5, 0.6) is 5.75 Å². The maximum Gasteiger partial charge on any atom is 0.123 e. The average Bonchev–Trinajstić information content (AvgIpc) is 3.50. The zero-order valence-electron chi connectivity index (χ0n) is 19.8. The predicted molar refractivity (Wildman–Crippen MR) is 129 cm³/mol. The Morgan fingerprint density at radius 3 is 1.80 bits per heavy atom. The highest BCUT2D eigenvalue weighted by atomic mass is 16.6. The molecule has 170 valence electrons. The number of rotatable bonds is 19. The van der Waals surface area contributed by atoms with Gasteiger partial charge < -0.3 is 9.47 Å². The summed E-state index contributed by atoms with van der Waals surface area (Å²) in [5.41, 5.74) is 1.39. The first-order valence-corrected chi connectivity index (χ1v) is 12.7. The van der Waals surface area contributed by atoms with Crippen molar-refractivity contribution in [1.82, 2.24) is 0 Å². The molecule has 1 fully saturated rings. The first-order valence-electron chi connectivity index (χ1n) is 12.7. The van der Waals surface area contributed by atoms with Crippen LogP contribution in [0.25, 0.3) is 0 Å². The summed E-state index contributed by atoms with van der Waals surface area (Å²) in [4.78, 5) is 0. The van der Waals surface area contributed by atoms with Crippen molar-refractivity contribution in [2.75, 3.05) is 13.2 Å². The molecule has 1 aromatic rings. The Kier molecular flexibility index (Phi) is 12.9. The van der Waals surface area contributed by atoms with Gasteiger partial charge in [0.25, 0.3) is 0 Å². The molecule has 2 heteroatoms. The van der Waals surface area contributed by atoms with E-state index >= 15 is 0 Å². The van der Waals surface area contributed by atoms with Gasteiger partial charge in [0, 0.05) is 0 Å². The topological polar surface area (TPSA) is 21.8 Å². The lowest BCUT2D eigenvalue weighted by Gasteiger charge is -2.09. The lowest BCUT2D eigenvalue weighted by atomic mass is 10.0. The molecule has 0 aliphatic carbocycles. The summed E-state index contributed by atoms with van der Waals surface area (Å²) in [6.45, 7) is 5.69. The summed E-state index contributed by atoms with van der Waals surface area (Å²) >= 11 is 0. The van der Waals surface area contributed by atoms with E-state index in [0.717, 1.165) is 12.4 Å². The lowest BCUT2D eigenvalue weighted by Crippen LogP contribution is -2.16. The highest BCUT2D eigenvalue weighted by molar-refractivity contribution is 5.27. The molecule has 1 heterocycles. The van der Waals surface area contributed by atoms with Crippen molar-refractivity contribution in [2.45, 2.75) is 116 Å². The summed E-state index contributed by atoms with van der Waals surface area (Å²) in [6.07, 6.45) is 25.3. The van der Waals surface area contributed by atoms with Crippen LogP contribution in [0.3, 0.4) is 0 Å². The smallest absolute Gasteiger partial charge is 0.123 e. The monoisotopic (exact) mass is 414 g/mol. The number of hydrogen-bond donors (Lipinski definition) is 0. The Hall–Kier alpha value is -1.28. The van der Waals surface area contributed by atoms with Crippen LogP contribution in [-0.4, -0.2) is 18.8 Å². The molecule has 1 saturated heterocycles. The van der Waals surface area contributed by atoms with Gasteiger partial charge in [0.1, 0.15) is 18.0 Å². The van der Waals surface area contributed by atoms with Crippen molar-refractivity contribution in [3.8, 4) is 5.75 Å². The molecule has 0 aromatic heterocycles. The van der Waals surface area contributed by atoms with E-state index in [1.54, 1.807) is 0 Å². The van der Waals surface area contributed by atoms with E-state index in [0.29, 0.717) is 6.61 Å².